The number of hydrogen-bond acceptors (Lipinski definition) is 4. The summed E-state index contributed by atoms with van der Waals surface area (Å²) in [6.45, 7) is 3.78. The molecule has 5 rings (SSSR count). The quantitative estimate of drug-likeness (QED) is 0.324. The average Bonchev–Trinajstić information content (AvgIpc) is 3.12. The fourth-order valence-corrected chi connectivity index (χ4v) is 4.40. The van der Waals surface area contributed by atoms with E-state index in [1.165, 1.54) is 0 Å². The van der Waals surface area contributed by atoms with Gasteiger partial charge in [0.1, 0.15) is 11.6 Å². The molecule has 0 N–H and O–H groups in total. The molecule has 2 aromatic heterocycles. The van der Waals surface area contributed by atoms with E-state index >= 15 is 0 Å². The lowest BCUT2D eigenvalue weighted by Gasteiger charge is -2.23. The smallest absolute Gasteiger partial charge is 0.128 e. The summed E-state index contributed by atoms with van der Waals surface area (Å²) in [6, 6.07) is 24.2. The van der Waals surface area contributed by atoms with Gasteiger partial charge in [0.25, 0.3) is 0 Å². The zero-order chi connectivity index (χ0) is 22.6. The molecule has 3 heterocycles. The van der Waals surface area contributed by atoms with Gasteiger partial charge in [-0.25, -0.2) is 9.97 Å². The molecule has 166 valence electrons. The predicted molar refractivity (Wildman–Crippen MR) is 138 cm³/mol. The van der Waals surface area contributed by atoms with Crippen LogP contribution in [-0.2, 0) is 0 Å². The maximum absolute atomic E-state index is 6.00. The molecule has 0 amide bonds. The first kappa shape index (κ1) is 21.7. The van der Waals surface area contributed by atoms with E-state index < -0.39 is 0 Å². The second kappa shape index (κ2) is 9.82. The van der Waals surface area contributed by atoms with E-state index in [1.54, 1.807) is 0 Å². The van der Waals surface area contributed by atoms with Crippen LogP contribution in [0.25, 0.3) is 22.3 Å². The van der Waals surface area contributed by atoms with Crippen molar-refractivity contribution in [3.05, 3.63) is 95.2 Å². The van der Waals surface area contributed by atoms with E-state index in [4.69, 9.17) is 33.2 Å². The summed E-state index contributed by atoms with van der Waals surface area (Å²) < 4.78 is 0. The number of anilines is 2. The van der Waals surface area contributed by atoms with Crippen LogP contribution in [-0.4, -0.2) is 36.1 Å². The molecule has 0 bridgehead atoms. The van der Waals surface area contributed by atoms with Gasteiger partial charge in [-0.1, -0.05) is 47.5 Å². The van der Waals surface area contributed by atoms with Gasteiger partial charge in [-0.05, 0) is 66.1 Å². The molecule has 4 aromatic rings. The van der Waals surface area contributed by atoms with E-state index in [9.17, 15) is 0 Å². The van der Waals surface area contributed by atoms with E-state index in [0.29, 0.717) is 0 Å². The molecule has 6 heteroatoms. The van der Waals surface area contributed by atoms with Gasteiger partial charge >= 0.3 is 0 Å². The number of benzene rings is 2. The monoisotopic (exact) mass is 474 g/mol. The predicted octanol–water partition coefficient (Wildman–Crippen LogP) is 6.83. The van der Waals surface area contributed by atoms with Crippen molar-refractivity contribution < 1.29 is 0 Å². The number of pyridine rings is 2. The first-order chi connectivity index (χ1) is 16.2. The van der Waals surface area contributed by atoms with Crippen LogP contribution in [0.15, 0.2) is 85.2 Å². The zero-order valence-corrected chi connectivity index (χ0v) is 19.7. The molecular weight excluding hydrogens is 451 g/mol. The van der Waals surface area contributed by atoms with Crippen molar-refractivity contribution in [2.45, 2.75) is 6.42 Å². The topological polar surface area (TPSA) is 32.3 Å². The molecule has 0 atom stereocenters. The van der Waals surface area contributed by atoms with Gasteiger partial charge in [0, 0.05) is 59.7 Å². The molecular formula is C27H24Cl2N4. The summed E-state index contributed by atoms with van der Waals surface area (Å²) >= 11 is 12.0. The first-order valence-corrected chi connectivity index (χ1v) is 11.9. The molecule has 1 fully saturated rings. The molecule has 0 unspecified atom stereocenters. The second-order valence-electron chi connectivity index (χ2n) is 8.15. The average molecular weight is 475 g/mol. The first-order valence-electron chi connectivity index (χ1n) is 11.1. The van der Waals surface area contributed by atoms with Gasteiger partial charge in [-0.2, -0.15) is 0 Å². The zero-order valence-electron chi connectivity index (χ0n) is 18.2. The number of aromatic nitrogens is 2. The number of hydrogen-bond donors (Lipinski definition) is 0. The summed E-state index contributed by atoms with van der Waals surface area (Å²) in [5.41, 5.74) is 4.43. The van der Waals surface area contributed by atoms with E-state index in [2.05, 4.69) is 34.1 Å². The summed E-state index contributed by atoms with van der Waals surface area (Å²) in [6.07, 6.45) is 4.94. The molecule has 2 aromatic carbocycles. The number of halogens is 2. The molecule has 0 spiro atoms. The minimum Gasteiger partial charge on any atom is -0.355 e. The fraction of sp³-hybridized carbons (Fsp3) is 0.185. The van der Waals surface area contributed by atoms with Crippen molar-refractivity contribution in [3.63, 3.8) is 0 Å². The van der Waals surface area contributed by atoms with Crippen molar-refractivity contribution in [3.8, 4) is 22.3 Å². The maximum Gasteiger partial charge on any atom is 0.128 e. The lowest BCUT2D eigenvalue weighted by atomic mass is 10.1. The van der Waals surface area contributed by atoms with Gasteiger partial charge in [-0.15, -0.1) is 0 Å². The van der Waals surface area contributed by atoms with Gasteiger partial charge in [-0.3, -0.25) is 0 Å². The van der Waals surface area contributed by atoms with Crippen LogP contribution in [0, 0.1) is 0 Å². The summed E-state index contributed by atoms with van der Waals surface area (Å²) in [5, 5.41) is 1.48. The third-order valence-corrected chi connectivity index (χ3v) is 6.50. The summed E-state index contributed by atoms with van der Waals surface area (Å²) in [4.78, 5) is 14.2. The highest BCUT2D eigenvalue weighted by molar-refractivity contribution is 6.30. The van der Waals surface area contributed by atoms with Crippen LogP contribution < -0.4 is 9.80 Å². The Hall–Kier alpha value is -3.08. The molecule has 33 heavy (non-hydrogen) atoms. The van der Waals surface area contributed by atoms with Gasteiger partial charge < -0.3 is 9.80 Å². The summed E-state index contributed by atoms with van der Waals surface area (Å²) in [5.74, 6) is 2.03. The number of nitrogens with zero attached hydrogens (tertiary/aromatic N) is 4. The molecule has 1 saturated heterocycles. The second-order valence-corrected chi connectivity index (χ2v) is 9.02. The van der Waals surface area contributed by atoms with Crippen molar-refractivity contribution in [2.75, 3.05) is 36.0 Å². The highest BCUT2D eigenvalue weighted by atomic mass is 35.5. The van der Waals surface area contributed by atoms with Gasteiger partial charge in [0.2, 0.25) is 0 Å². The lowest BCUT2D eigenvalue weighted by molar-refractivity contribution is 0.794. The van der Waals surface area contributed by atoms with E-state index in [0.717, 1.165) is 76.5 Å². The Labute approximate surface area is 204 Å². The van der Waals surface area contributed by atoms with Gasteiger partial charge in [0.05, 0.1) is 0 Å². The Bertz CT molecular complexity index is 1090. The Kier molecular flexibility index (Phi) is 6.47. The Morgan fingerprint density at radius 2 is 0.879 bits per heavy atom. The minimum atomic E-state index is 0.742. The standard InChI is InChI=1S/C27H24Cl2N4/c28-24-8-2-20(3-9-24)22-6-12-26(30-18-22)32-14-1-15-33(17-16-32)27-13-7-23(19-31-27)21-4-10-25(29)11-5-21/h2-13,18-19H,1,14-17H2. The Morgan fingerprint density at radius 3 is 1.24 bits per heavy atom. The van der Waals surface area contributed by atoms with Crippen LogP contribution in [0.1, 0.15) is 6.42 Å². The fourth-order valence-electron chi connectivity index (χ4n) is 4.15. The van der Waals surface area contributed by atoms with Crippen LogP contribution in [0.4, 0.5) is 11.6 Å². The molecule has 1 aliphatic heterocycles. The highest BCUT2D eigenvalue weighted by Crippen LogP contribution is 2.25. The van der Waals surface area contributed by atoms with Crippen LogP contribution in [0.2, 0.25) is 10.0 Å². The maximum atomic E-state index is 6.00. The molecule has 0 saturated carbocycles. The summed E-state index contributed by atoms with van der Waals surface area (Å²) in [7, 11) is 0. The van der Waals surface area contributed by atoms with Crippen LogP contribution >= 0.6 is 23.2 Å². The van der Waals surface area contributed by atoms with Crippen LogP contribution in [0.5, 0.6) is 0 Å². The molecule has 4 nitrogen and oxygen atoms in total. The third kappa shape index (κ3) is 5.13. The third-order valence-electron chi connectivity index (χ3n) is 5.99. The van der Waals surface area contributed by atoms with Crippen LogP contribution in [0.3, 0.4) is 0 Å². The molecule has 1 aliphatic rings. The van der Waals surface area contributed by atoms with Gasteiger partial charge in [0.15, 0.2) is 0 Å². The van der Waals surface area contributed by atoms with Crippen molar-refractivity contribution in [1.82, 2.24) is 9.97 Å². The Balaban J connectivity index is 1.24. The molecule has 0 aliphatic carbocycles. The highest BCUT2D eigenvalue weighted by Gasteiger charge is 2.17. The Morgan fingerprint density at radius 1 is 0.485 bits per heavy atom. The van der Waals surface area contributed by atoms with E-state index in [1.807, 2.05) is 60.9 Å². The van der Waals surface area contributed by atoms with Crippen molar-refractivity contribution >= 4 is 34.8 Å². The SMILES string of the molecule is Clc1ccc(-c2ccc(N3CCCN(c4ccc(-c5ccc(Cl)cc5)cn4)CC3)nc2)cc1. The van der Waals surface area contributed by atoms with Crippen molar-refractivity contribution in [1.29, 1.82) is 0 Å². The minimum absolute atomic E-state index is 0.742. The normalized spacial score (nSPS) is 14.2. The molecule has 0 radical (unpaired) electrons. The van der Waals surface area contributed by atoms with Crippen molar-refractivity contribution in [2.24, 2.45) is 0 Å². The number of rotatable bonds is 4. The largest absolute Gasteiger partial charge is 0.355 e. The van der Waals surface area contributed by atoms with E-state index in [-0.39, 0.29) is 0 Å². The lowest BCUT2D eigenvalue weighted by Crippen LogP contribution is -2.31.